The third-order valence-corrected chi connectivity index (χ3v) is 5.32. The second-order valence-electron chi connectivity index (χ2n) is 8.19. The van der Waals surface area contributed by atoms with Crippen LogP contribution in [0.5, 0.6) is 0 Å². The topological polar surface area (TPSA) is 59.0 Å². The highest BCUT2D eigenvalue weighted by atomic mass is 16.2. The monoisotopic (exact) mass is 354 g/mol. The van der Waals surface area contributed by atoms with E-state index in [1.165, 1.54) is 11.1 Å². The fourth-order valence-corrected chi connectivity index (χ4v) is 3.58. The molecule has 140 valence electrons. The van der Waals surface area contributed by atoms with Gasteiger partial charge in [0, 0.05) is 18.9 Å². The first-order chi connectivity index (χ1) is 12.4. The van der Waals surface area contributed by atoms with Gasteiger partial charge in [-0.25, -0.2) is 0 Å². The zero-order valence-corrected chi connectivity index (χ0v) is 16.1. The van der Waals surface area contributed by atoms with Crippen LogP contribution in [0.4, 0.5) is 0 Å². The molecule has 2 N–H and O–H groups in total. The van der Waals surface area contributed by atoms with Gasteiger partial charge in [0.1, 0.15) is 5.54 Å². The van der Waals surface area contributed by atoms with Gasteiger partial charge in [-0.05, 0) is 55.0 Å². The molecule has 0 atom stereocenters. The quantitative estimate of drug-likeness (QED) is 0.868. The number of amides is 1. The highest BCUT2D eigenvalue weighted by Gasteiger charge is 2.41. The minimum atomic E-state index is -0.565. The van der Waals surface area contributed by atoms with E-state index in [4.69, 9.17) is 0 Å². The van der Waals surface area contributed by atoms with Crippen molar-refractivity contribution in [2.45, 2.75) is 51.0 Å². The summed E-state index contributed by atoms with van der Waals surface area (Å²) in [5, 5.41) is 10.8. The van der Waals surface area contributed by atoms with Crippen molar-refractivity contribution < 1.29 is 4.79 Å². The molecule has 1 aliphatic heterocycles. The van der Waals surface area contributed by atoms with E-state index in [0.717, 1.165) is 32.4 Å². The maximum atomic E-state index is 13.0. The number of aromatic nitrogens is 2. The van der Waals surface area contributed by atoms with E-state index in [9.17, 15) is 4.79 Å². The molecule has 0 radical (unpaired) electrons. The number of carbonyl (C=O) groups excluding carboxylic acids is 1. The van der Waals surface area contributed by atoms with E-state index in [0.29, 0.717) is 6.54 Å². The van der Waals surface area contributed by atoms with Gasteiger partial charge in [-0.2, -0.15) is 5.10 Å². The molecule has 3 rings (SSSR count). The Morgan fingerprint density at radius 3 is 2.50 bits per heavy atom. The van der Waals surface area contributed by atoms with E-state index in [1.807, 2.05) is 16.9 Å². The summed E-state index contributed by atoms with van der Waals surface area (Å²) in [7, 11) is 0. The maximum absolute atomic E-state index is 13.0. The lowest BCUT2D eigenvalue weighted by Gasteiger charge is -2.36. The summed E-state index contributed by atoms with van der Waals surface area (Å²) in [6.07, 6.45) is 6.01. The van der Waals surface area contributed by atoms with Crippen LogP contribution in [0.25, 0.3) is 0 Å². The number of benzene rings is 1. The average Bonchev–Trinajstić information content (AvgIpc) is 3.17. The van der Waals surface area contributed by atoms with Gasteiger partial charge in [0.2, 0.25) is 5.91 Å². The van der Waals surface area contributed by atoms with Crippen molar-refractivity contribution in [3.63, 3.8) is 0 Å². The van der Waals surface area contributed by atoms with Crippen molar-refractivity contribution >= 4 is 5.91 Å². The minimum absolute atomic E-state index is 0.0778. The SMILES string of the molecule is CC(C)(C)c1ccc(CCNC(=O)C2(n3cccn3)CCNCC2)cc1. The molecule has 5 heteroatoms. The summed E-state index contributed by atoms with van der Waals surface area (Å²) in [6.45, 7) is 8.97. The lowest BCUT2D eigenvalue weighted by Crippen LogP contribution is -2.54. The molecule has 5 nitrogen and oxygen atoms in total. The minimum Gasteiger partial charge on any atom is -0.354 e. The van der Waals surface area contributed by atoms with Crippen molar-refractivity contribution in [3.8, 4) is 0 Å². The summed E-state index contributed by atoms with van der Waals surface area (Å²) in [5.41, 5.74) is 2.18. The first-order valence-corrected chi connectivity index (χ1v) is 9.50. The molecule has 1 amide bonds. The Labute approximate surface area is 156 Å². The maximum Gasteiger partial charge on any atom is 0.248 e. The van der Waals surface area contributed by atoms with Crippen LogP contribution in [-0.2, 0) is 22.2 Å². The van der Waals surface area contributed by atoms with Crippen molar-refractivity contribution in [1.29, 1.82) is 0 Å². The highest BCUT2D eigenvalue weighted by molar-refractivity contribution is 5.84. The zero-order chi connectivity index (χ0) is 18.6. The second-order valence-corrected chi connectivity index (χ2v) is 8.19. The summed E-state index contributed by atoms with van der Waals surface area (Å²) in [4.78, 5) is 13.0. The number of carbonyl (C=O) groups is 1. The molecule has 1 aromatic heterocycles. The van der Waals surface area contributed by atoms with Gasteiger partial charge < -0.3 is 10.6 Å². The average molecular weight is 354 g/mol. The summed E-state index contributed by atoms with van der Waals surface area (Å²) in [5.74, 6) is 0.0778. The molecule has 0 saturated carbocycles. The van der Waals surface area contributed by atoms with E-state index < -0.39 is 5.54 Å². The fourth-order valence-electron chi connectivity index (χ4n) is 3.58. The highest BCUT2D eigenvalue weighted by Crippen LogP contribution is 2.27. The summed E-state index contributed by atoms with van der Waals surface area (Å²) < 4.78 is 1.83. The van der Waals surface area contributed by atoms with Gasteiger partial charge in [0.15, 0.2) is 0 Å². The molecule has 26 heavy (non-hydrogen) atoms. The van der Waals surface area contributed by atoms with Crippen molar-refractivity contribution in [3.05, 3.63) is 53.9 Å². The molecule has 2 aromatic rings. The third-order valence-electron chi connectivity index (χ3n) is 5.32. The molecular weight excluding hydrogens is 324 g/mol. The van der Waals surface area contributed by atoms with Crippen LogP contribution in [-0.4, -0.2) is 35.3 Å². The fraction of sp³-hybridized carbons (Fsp3) is 0.524. The predicted molar refractivity (Wildman–Crippen MR) is 104 cm³/mol. The molecule has 1 aromatic carbocycles. The number of nitrogens with one attached hydrogen (secondary N) is 2. The summed E-state index contributed by atoms with van der Waals surface area (Å²) >= 11 is 0. The molecule has 1 aliphatic rings. The van der Waals surface area contributed by atoms with Gasteiger partial charge in [-0.3, -0.25) is 9.48 Å². The first kappa shape index (κ1) is 18.6. The normalized spacial score (nSPS) is 17.0. The van der Waals surface area contributed by atoms with Gasteiger partial charge in [-0.15, -0.1) is 0 Å². The Hall–Kier alpha value is -2.14. The number of hydrogen-bond donors (Lipinski definition) is 2. The van der Waals surface area contributed by atoms with Gasteiger partial charge >= 0.3 is 0 Å². The van der Waals surface area contributed by atoms with E-state index >= 15 is 0 Å². The lowest BCUT2D eigenvalue weighted by molar-refractivity contribution is -0.131. The van der Waals surface area contributed by atoms with E-state index in [2.05, 4.69) is 60.8 Å². The first-order valence-electron chi connectivity index (χ1n) is 9.50. The molecular formula is C21H30N4O. The van der Waals surface area contributed by atoms with Crippen molar-refractivity contribution in [2.24, 2.45) is 0 Å². The Kier molecular flexibility index (Phi) is 5.47. The molecule has 1 saturated heterocycles. The van der Waals surface area contributed by atoms with Crippen LogP contribution in [0, 0.1) is 0 Å². The number of piperidine rings is 1. The van der Waals surface area contributed by atoms with Crippen LogP contribution in [0.3, 0.4) is 0 Å². The van der Waals surface area contributed by atoms with Crippen LogP contribution >= 0.6 is 0 Å². The summed E-state index contributed by atoms with van der Waals surface area (Å²) in [6, 6.07) is 10.6. The van der Waals surface area contributed by atoms with Crippen LogP contribution < -0.4 is 10.6 Å². The smallest absolute Gasteiger partial charge is 0.248 e. The van der Waals surface area contributed by atoms with Gasteiger partial charge in [0.25, 0.3) is 0 Å². The van der Waals surface area contributed by atoms with Gasteiger partial charge in [-0.1, -0.05) is 45.0 Å². The standard InChI is InChI=1S/C21H30N4O/c1-20(2,3)18-7-5-17(6-8-18)9-13-23-19(26)21(10-14-22-15-11-21)25-16-4-12-24-25/h4-8,12,16,22H,9-11,13-15H2,1-3H3,(H,23,26). The third kappa shape index (κ3) is 3.98. The molecule has 0 spiro atoms. The number of nitrogens with zero attached hydrogens (tertiary/aromatic N) is 2. The van der Waals surface area contributed by atoms with E-state index in [1.54, 1.807) is 6.20 Å². The van der Waals surface area contributed by atoms with E-state index in [-0.39, 0.29) is 11.3 Å². The Balaban J connectivity index is 1.61. The Bertz CT molecular complexity index is 707. The van der Waals surface area contributed by atoms with Gasteiger partial charge in [0.05, 0.1) is 0 Å². The Morgan fingerprint density at radius 2 is 1.92 bits per heavy atom. The van der Waals surface area contributed by atoms with Crippen LogP contribution in [0.15, 0.2) is 42.7 Å². The number of rotatable bonds is 5. The largest absolute Gasteiger partial charge is 0.354 e. The zero-order valence-electron chi connectivity index (χ0n) is 16.1. The molecule has 0 unspecified atom stereocenters. The molecule has 0 aliphatic carbocycles. The second kappa shape index (κ2) is 7.62. The Morgan fingerprint density at radius 1 is 1.23 bits per heavy atom. The predicted octanol–water partition coefficient (Wildman–Crippen LogP) is 2.62. The molecule has 1 fully saturated rings. The van der Waals surface area contributed by atoms with Crippen LogP contribution in [0.1, 0.15) is 44.7 Å². The van der Waals surface area contributed by atoms with Crippen LogP contribution in [0.2, 0.25) is 0 Å². The molecule has 2 heterocycles. The molecule has 0 bridgehead atoms. The number of hydrogen-bond acceptors (Lipinski definition) is 3. The lowest BCUT2D eigenvalue weighted by atomic mass is 9.86. The van der Waals surface area contributed by atoms with Crippen molar-refractivity contribution in [2.75, 3.05) is 19.6 Å². The van der Waals surface area contributed by atoms with Crippen molar-refractivity contribution in [1.82, 2.24) is 20.4 Å².